The van der Waals surface area contributed by atoms with Crippen molar-refractivity contribution in [2.75, 3.05) is 27.2 Å². The molecule has 14 heavy (non-hydrogen) atoms. The third-order valence-corrected chi connectivity index (χ3v) is 4.22. The van der Waals surface area contributed by atoms with Crippen LogP contribution >= 0.6 is 0 Å². The normalized spacial score (nSPS) is 25.1. The van der Waals surface area contributed by atoms with E-state index in [0.29, 0.717) is 13.1 Å². The summed E-state index contributed by atoms with van der Waals surface area (Å²) < 4.78 is 25.7. The number of piperazine rings is 1. The van der Waals surface area contributed by atoms with Gasteiger partial charge in [-0.1, -0.05) is 0 Å². The largest absolute Gasteiger partial charge is 0.353 e. The topological polar surface area (TPSA) is 69.7 Å². The standard InChI is InChI=1S/C7H15N3O3S/c1-6-7(11)8-4-5-10(6)14(12,13)9(2)3/h6H,4-5H2,1-3H3,(H,8,11). The van der Waals surface area contributed by atoms with Crippen LogP contribution in [0.3, 0.4) is 0 Å². The Morgan fingerprint density at radius 3 is 2.57 bits per heavy atom. The Morgan fingerprint density at radius 2 is 2.07 bits per heavy atom. The molecule has 1 N–H and O–H groups in total. The molecule has 1 aliphatic rings. The lowest BCUT2D eigenvalue weighted by Gasteiger charge is -2.33. The average molecular weight is 221 g/mol. The van der Waals surface area contributed by atoms with Crippen molar-refractivity contribution in [3.63, 3.8) is 0 Å². The van der Waals surface area contributed by atoms with Gasteiger partial charge in [-0.2, -0.15) is 17.0 Å². The van der Waals surface area contributed by atoms with E-state index in [4.69, 9.17) is 0 Å². The third-order valence-electron chi connectivity index (χ3n) is 2.20. The summed E-state index contributed by atoms with van der Waals surface area (Å²) >= 11 is 0. The Hall–Kier alpha value is -0.660. The molecule has 6 nitrogen and oxygen atoms in total. The highest BCUT2D eigenvalue weighted by Gasteiger charge is 2.35. The van der Waals surface area contributed by atoms with Crippen molar-refractivity contribution in [2.45, 2.75) is 13.0 Å². The van der Waals surface area contributed by atoms with Crippen molar-refractivity contribution in [2.24, 2.45) is 0 Å². The molecule has 1 fully saturated rings. The van der Waals surface area contributed by atoms with Gasteiger partial charge in [-0.25, -0.2) is 0 Å². The van der Waals surface area contributed by atoms with Gasteiger partial charge in [0.05, 0.1) is 0 Å². The molecule has 0 bridgehead atoms. The number of nitrogens with one attached hydrogen (secondary N) is 1. The Morgan fingerprint density at radius 1 is 1.50 bits per heavy atom. The summed E-state index contributed by atoms with van der Waals surface area (Å²) in [5.74, 6) is -0.248. The third kappa shape index (κ3) is 1.89. The molecule has 0 aliphatic carbocycles. The lowest BCUT2D eigenvalue weighted by molar-refractivity contribution is -0.126. The van der Waals surface area contributed by atoms with E-state index in [9.17, 15) is 13.2 Å². The molecule has 1 aliphatic heterocycles. The predicted molar refractivity (Wildman–Crippen MR) is 51.8 cm³/mol. The zero-order valence-electron chi connectivity index (χ0n) is 8.52. The van der Waals surface area contributed by atoms with Gasteiger partial charge in [-0.15, -0.1) is 0 Å². The van der Waals surface area contributed by atoms with Crippen LogP contribution in [0, 0.1) is 0 Å². The molecule has 0 spiro atoms. The van der Waals surface area contributed by atoms with Crippen molar-refractivity contribution < 1.29 is 13.2 Å². The van der Waals surface area contributed by atoms with Crippen molar-refractivity contribution in [1.82, 2.24) is 13.9 Å². The van der Waals surface area contributed by atoms with Crippen LogP contribution in [0.2, 0.25) is 0 Å². The molecule has 1 rings (SSSR count). The maximum atomic E-state index is 11.7. The van der Waals surface area contributed by atoms with Gasteiger partial charge in [0.2, 0.25) is 5.91 Å². The molecule has 7 heteroatoms. The minimum absolute atomic E-state index is 0.248. The Labute approximate surface area is 84.1 Å². The number of rotatable bonds is 2. The van der Waals surface area contributed by atoms with Gasteiger partial charge in [0.15, 0.2) is 0 Å². The highest BCUT2D eigenvalue weighted by atomic mass is 32.2. The highest BCUT2D eigenvalue weighted by Crippen LogP contribution is 2.11. The zero-order chi connectivity index (χ0) is 10.9. The van der Waals surface area contributed by atoms with Crippen LogP contribution in [0.5, 0.6) is 0 Å². The van der Waals surface area contributed by atoms with Gasteiger partial charge >= 0.3 is 0 Å². The Balaban J connectivity index is 2.92. The molecule has 1 amide bonds. The fraction of sp³-hybridized carbons (Fsp3) is 0.857. The molecular weight excluding hydrogens is 206 g/mol. The highest BCUT2D eigenvalue weighted by molar-refractivity contribution is 7.86. The average Bonchev–Trinajstić information content (AvgIpc) is 2.09. The summed E-state index contributed by atoms with van der Waals surface area (Å²) in [6.07, 6.45) is 0. The second-order valence-electron chi connectivity index (χ2n) is 3.37. The molecular formula is C7H15N3O3S. The SMILES string of the molecule is CC1C(=O)NCCN1S(=O)(=O)N(C)C. The van der Waals surface area contributed by atoms with Crippen LogP contribution in [0.4, 0.5) is 0 Å². The van der Waals surface area contributed by atoms with Gasteiger partial charge in [0.1, 0.15) is 6.04 Å². The van der Waals surface area contributed by atoms with E-state index in [-0.39, 0.29) is 5.91 Å². The molecule has 1 heterocycles. The second kappa shape index (κ2) is 3.84. The van der Waals surface area contributed by atoms with Gasteiger partial charge in [-0.3, -0.25) is 4.79 Å². The van der Waals surface area contributed by atoms with Crippen molar-refractivity contribution >= 4 is 16.1 Å². The van der Waals surface area contributed by atoms with Crippen LogP contribution in [-0.2, 0) is 15.0 Å². The maximum Gasteiger partial charge on any atom is 0.282 e. The molecule has 0 aromatic carbocycles. The van der Waals surface area contributed by atoms with Crippen LogP contribution in [0.25, 0.3) is 0 Å². The molecule has 82 valence electrons. The van der Waals surface area contributed by atoms with E-state index in [1.165, 1.54) is 18.4 Å². The Kier molecular flexibility index (Phi) is 3.13. The first-order chi connectivity index (χ1) is 6.37. The number of carbonyl (C=O) groups excluding carboxylic acids is 1. The van der Waals surface area contributed by atoms with Crippen LogP contribution < -0.4 is 5.32 Å². The molecule has 0 aromatic rings. The lowest BCUT2D eigenvalue weighted by Crippen LogP contribution is -2.57. The lowest BCUT2D eigenvalue weighted by atomic mass is 10.2. The monoisotopic (exact) mass is 221 g/mol. The molecule has 1 atom stereocenters. The molecule has 1 saturated heterocycles. The van der Waals surface area contributed by atoms with E-state index in [1.807, 2.05) is 0 Å². The summed E-state index contributed by atoms with van der Waals surface area (Å²) in [6.45, 7) is 2.28. The first-order valence-corrected chi connectivity index (χ1v) is 5.74. The van der Waals surface area contributed by atoms with E-state index in [0.717, 1.165) is 4.31 Å². The quantitative estimate of drug-likeness (QED) is 0.624. The minimum atomic E-state index is -3.48. The van der Waals surface area contributed by atoms with Gasteiger partial charge in [0, 0.05) is 27.2 Å². The maximum absolute atomic E-state index is 11.7. The number of nitrogens with zero attached hydrogens (tertiary/aromatic N) is 2. The van der Waals surface area contributed by atoms with Crippen LogP contribution in [-0.4, -0.2) is 56.2 Å². The first-order valence-electron chi connectivity index (χ1n) is 4.34. The first kappa shape index (κ1) is 11.4. The fourth-order valence-electron chi connectivity index (χ4n) is 1.29. The van der Waals surface area contributed by atoms with Crippen LogP contribution in [0.1, 0.15) is 6.92 Å². The number of amides is 1. The predicted octanol–water partition coefficient (Wildman–Crippen LogP) is -1.39. The molecule has 0 radical (unpaired) electrons. The summed E-state index contributed by atoms with van der Waals surface area (Å²) in [7, 11) is -0.570. The van der Waals surface area contributed by atoms with E-state index >= 15 is 0 Å². The van der Waals surface area contributed by atoms with Gasteiger partial charge < -0.3 is 5.32 Å². The van der Waals surface area contributed by atoms with E-state index in [2.05, 4.69) is 5.32 Å². The fourth-order valence-corrected chi connectivity index (χ4v) is 2.52. The van der Waals surface area contributed by atoms with Crippen molar-refractivity contribution in [3.8, 4) is 0 Å². The zero-order valence-corrected chi connectivity index (χ0v) is 9.34. The molecule has 0 saturated carbocycles. The van der Waals surface area contributed by atoms with Crippen LogP contribution in [0.15, 0.2) is 0 Å². The molecule has 0 aromatic heterocycles. The van der Waals surface area contributed by atoms with Gasteiger partial charge in [0.25, 0.3) is 10.2 Å². The van der Waals surface area contributed by atoms with Crippen molar-refractivity contribution in [3.05, 3.63) is 0 Å². The number of carbonyl (C=O) groups is 1. The van der Waals surface area contributed by atoms with E-state index in [1.54, 1.807) is 6.92 Å². The molecule has 1 unspecified atom stereocenters. The van der Waals surface area contributed by atoms with Crippen molar-refractivity contribution in [1.29, 1.82) is 0 Å². The summed E-state index contributed by atoms with van der Waals surface area (Å²) in [6, 6.07) is -0.629. The Bertz CT molecular complexity index is 325. The smallest absolute Gasteiger partial charge is 0.282 e. The van der Waals surface area contributed by atoms with Gasteiger partial charge in [-0.05, 0) is 6.92 Å². The second-order valence-corrected chi connectivity index (χ2v) is 5.46. The number of hydrogen-bond acceptors (Lipinski definition) is 3. The minimum Gasteiger partial charge on any atom is -0.353 e. The summed E-state index contributed by atoms with van der Waals surface area (Å²) in [5.41, 5.74) is 0. The summed E-state index contributed by atoms with van der Waals surface area (Å²) in [5, 5.41) is 2.61. The van der Waals surface area contributed by atoms with E-state index < -0.39 is 16.3 Å². The number of hydrogen-bond donors (Lipinski definition) is 1. The summed E-state index contributed by atoms with van der Waals surface area (Å²) in [4.78, 5) is 11.2.